The Morgan fingerprint density at radius 2 is 1.62 bits per heavy atom. The Balaban J connectivity index is 1.65. The minimum atomic E-state index is -3.74. The van der Waals surface area contributed by atoms with Crippen molar-refractivity contribution in [1.82, 2.24) is 0 Å². The second-order valence-corrected chi connectivity index (χ2v) is 9.07. The van der Waals surface area contributed by atoms with Gasteiger partial charge >= 0.3 is 0 Å². The molecule has 3 aromatic rings. The van der Waals surface area contributed by atoms with Crippen LogP contribution >= 0.6 is 0 Å². The van der Waals surface area contributed by atoms with E-state index in [2.05, 4.69) is 5.32 Å². The summed E-state index contributed by atoms with van der Waals surface area (Å²) in [5.74, 6) is -0.332. The Hall–Kier alpha value is -3.12. The third-order valence-corrected chi connectivity index (χ3v) is 7.06. The van der Waals surface area contributed by atoms with Gasteiger partial charge in [-0.1, -0.05) is 42.5 Å². The lowest BCUT2D eigenvalue weighted by atomic mass is 10.1. The summed E-state index contributed by atoms with van der Waals surface area (Å²) in [7, 11) is -3.74. The molecule has 3 aromatic carbocycles. The summed E-state index contributed by atoms with van der Waals surface area (Å²) in [5, 5.41) is 2.91. The molecular weight excluding hydrogens is 384 g/mol. The van der Waals surface area contributed by atoms with Crippen LogP contribution in [0.2, 0.25) is 0 Å². The molecule has 6 heteroatoms. The summed E-state index contributed by atoms with van der Waals surface area (Å²) in [6, 6.07) is 19.5. The van der Waals surface area contributed by atoms with E-state index >= 15 is 0 Å². The number of para-hydroxylation sites is 2. The van der Waals surface area contributed by atoms with Gasteiger partial charge in [-0.3, -0.25) is 9.10 Å². The van der Waals surface area contributed by atoms with Crippen molar-refractivity contribution in [3.05, 3.63) is 89.0 Å². The molecule has 0 aromatic heterocycles. The van der Waals surface area contributed by atoms with Gasteiger partial charge in [-0.15, -0.1) is 0 Å². The maximum Gasteiger partial charge on any atom is 0.264 e. The van der Waals surface area contributed by atoms with Crippen LogP contribution in [0.25, 0.3) is 0 Å². The zero-order valence-electron chi connectivity index (χ0n) is 16.3. The van der Waals surface area contributed by atoms with Gasteiger partial charge in [0.15, 0.2) is 0 Å². The molecule has 0 radical (unpaired) electrons. The topological polar surface area (TPSA) is 66.5 Å². The maximum atomic E-state index is 13.2. The number of sulfonamides is 1. The van der Waals surface area contributed by atoms with Gasteiger partial charge in [0.25, 0.3) is 15.9 Å². The fraction of sp³-hybridized carbons (Fsp3) is 0.174. The number of nitrogens with zero attached hydrogens (tertiary/aromatic N) is 1. The van der Waals surface area contributed by atoms with Crippen LogP contribution in [0.1, 0.15) is 27.0 Å². The summed E-state index contributed by atoms with van der Waals surface area (Å²) in [6.45, 7) is 4.25. The monoisotopic (exact) mass is 406 g/mol. The van der Waals surface area contributed by atoms with Crippen LogP contribution < -0.4 is 9.62 Å². The molecule has 0 bridgehead atoms. The van der Waals surface area contributed by atoms with Gasteiger partial charge in [0.1, 0.15) is 0 Å². The minimum Gasteiger partial charge on any atom is -0.322 e. The van der Waals surface area contributed by atoms with E-state index in [9.17, 15) is 13.2 Å². The molecule has 148 valence electrons. The number of amides is 1. The third-order valence-electron chi connectivity index (χ3n) is 5.25. The van der Waals surface area contributed by atoms with Crippen molar-refractivity contribution in [2.75, 3.05) is 16.2 Å². The molecule has 0 spiro atoms. The van der Waals surface area contributed by atoms with Crippen molar-refractivity contribution >= 4 is 27.3 Å². The Kier molecular flexibility index (Phi) is 4.88. The summed E-state index contributed by atoms with van der Waals surface area (Å²) in [6.07, 6.45) is 0.683. The van der Waals surface area contributed by atoms with Gasteiger partial charge in [0.2, 0.25) is 0 Å². The summed E-state index contributed by atoms with van der Waals surface area (Å²) in [5.41, 5.74) is 4.69. The Labute approximate surface area is 171 Å². The summed E-state index contributed by atoms with van der Waals surface area (Å²) >= 11 is 0. The molecule has 1 N–H and O–H groups in total. The van der Waals surface area contributed by atoms with Gasteiger partial charge in [-0.25, -0.2) is 8.42 Å². The number of aryl methyl sites for hydroxylation is 2. The predicted molar refractivity (Wildman–Crippen MR) is 115 cm³/mol. The highest BCUT2D eigenvalue weighted by Crippen LogP contribution is 2.33. The molecule has 0 fully saturated rings. The van der Waals surface area contributed by atoms with E-state index in [1.54, 1.807) is 12.1 Å². The van der Waals surface area contributed by atoms with E-state index in [4.69, 9.17) is 0 Å². The second-order valence-electron chi connectivity index (χ2n) is 7.20. The molecule has 29 heavy (non-hydrogen) atoms. The zero-order chi connectivity index (χ0) is 20.6. The van der Waals surface area contributed by atoms with Crippen LogP contribution in [-0.4, -0.2) is 20.9 Å². The second kappa shape index (κ2) is 7.37. The number of nitrogens with one attached hydrogen (secondary N) is 1. The van der Waals surface area contributed by atoms with Crippen LogP contribution in [0.4, 0.5) is 11.4 Å². The first kappa shape index (κ1) is 19.2. The number of carbonyl (C=O) groups is 1. The van der Waals surface area contributed by atoms with Gasteiger partial charge in [-0.2, -0.15) is 0 Å². The summed E-state index contributed by atoms with van der Waals surface area (Å²) in [4.78, 5) is 12.9. The molecule has 0 saturated carbocycles. The SMILES string of the molecule is Cc1cccc(C)c1NC(=O)c1cccc(S(=O)(=O)N2CCc3ccccc32)c1. The Morgan fingerprint density at radius 1 is 0.931 bits per heavy atom. The smallest absolute Gasteiger partial charge is 0.264 e. The number of fused-ring (bicyclic) bond motifs is 1. The average molecular weight is 407 g/mol. The van der Waals surface area contributed by atoms with Crippen molar-refractivity contribution in [1.29, 1.82) is 0 Å². The Bertz CT molecular complexity index is 1180. The Morgan fingerprint density at radius 3 is 2.38 bits per heavy atom. The molecule has 0 aliphatic carbocycles. The maximum absolute atomic E-state index is 13.2. The van der Waals surface area contributed by atoms with Gasteiger partial charge < -0.3 is 5.32 Å². The third kappa shape index (κ3) is 3.51. The van der Waals surface area contributed by atoms with Gasteiger partial charge in [-0.05, 0) is 61.2 Å². The fourth-order valence-corrected chi connectivity index (χ4v) is 5.23. The van der Waals surface area contributed by atoms with E-state index in [1.807, 2.05) is 56.3 Å². The van der Waals surface area contributed by atoms with Crippen LogP contribution in [0.3, 0.4) is 0 Å². The number of carbonyl (C=O) groups excluding carboxylic acids is 1. The number of hydrogen-bond acceptors (Lipinski definition) is 3. The molecule has 0 unspecified atom stereocenters. The van der Waals surface area contributed by atoms with Crippen molar-refractivity contribution in [3.63, 3.8) is 0 Å². The average Bonchev–Trinajstić information content (AvgIpc) is 3.16. The largest absolute Gasteiger partial charge is 0.322 e. The van der Waals surface area contributed by atoms with Crippen molar-refractivity contribution in [3.8, 4) is 0 Å². The molecule has 1 aliphatic heterocycles. The minimum absolute atomic E-state index is 0.114. The first-order valence-corrected chi connectivity index (χ1v) is 10.9. The number of anilines is 2. The molecule has 1 heterocycles. The molecular formula is C23H22N2O3S. The molecule has 5 nitrogen and oxygen atoms in total. The van der Waals surface area contributed by atoms with Crippen LogP contribution in [0, 0.1) is 13.8 Å². The number of benzene rings is 3. The van der Waals surface area contributed by atoms with E-state index in [-0.39, 0.29) is 10.8 Å². The molecule has 0 atom stereocenters. The number of hydrogen-bond donors (Lipinski definition) is 1. The van der Waals surface area contributed by atoms with E-state index in [1.165, 1.54) is 16.4 Å². The molecule has 0 saturated heterocycles. The highest BCUT2D eigenvalue weighted by molar-refractivity contribution is 7.92. The number of rotatable bonds is 4. The normalized spacial score (nSPS) is 13.2. The molecule has 1 aliphatic rings. The lowest BCUT2D eigenvalue weighted by Crippen LogP contribution is -2.29. The molecule has 1 amide bonds. The van der Waals surface area contributed by atoms with Gasteiger partial charge in [0, 0.05) is 17.8 Å². The predicted octanol–water partition coefficient (Wildman–Crippen LogP) is 4.31. The van der Waals surface area contributed by atoms with Crippen molar-refractivity contribution in [2.45, 2.75) is 25.2 Å². The fourth-order valence-electron chi connectivity index (χ4n) is 3.68. The quantitative estimate of drug-likeness (QED) is 0.702. The summed E-state index contributed by atoms with van der Waals surface area (Å²) < 4.78 is 27.9. The van der Waals surface area contributed by atoms with Crippen LogP contribution in [0.15, 0.2) is 71.6 Å². The first-order chi connectivity index (χ1) is 13.9. The first-order valence-electron chi connectivity index (χ1n) is 9.46. The van der Waals surface area contributed by atoms with Crippen molar-refractivity contribution < 1.29 is 13.2 Å². The highest BCUT2D eigenvalue weighted by atomic mass is 32.2. The standard InChI is InChI=1S/C23H22N2O3S/c1-16-7-5-8-17(2)22(16)24-23(26)19-10-6-11-20(15-19)29(27,28)25-14-13-18-9-3-4-12-21(18)25/h3-12,15H,13-14H2,1-2H3,(H,24,26). The van der Waals surface area contributed by atoms with E-state index < -0.39 is 10.0 Å². The lowest BCUT2D eigenvalue weighted by Gasteiger charge is -2.20. The van der Waals surface area contributed by atoms with Crippen LogP contribution in [0.5, 0.6) is 0 Å². The van der Waals surface area contributed by atoms with Crippen molar-refractivity contribution in [2.24, 2.45) is 0 Å². The highest BCUT2D eigenvalue weighted by Gasteiger charge is 2.31. The van der Waals surface area contributed by atoms with E-state index in [0.717, 1.165) is 22.4 Å². The lowest BCUT2D eigenvalue weighted by molar-refractivity contribution is 0.102. The molecule has 4 rings (SSSR count). The van der Waals surface area contributed by atoms with Gasteiger partial charge in [0.05, 0.1) is 10.6 Å². The van der Waals surface area contributed by atoms with Crippen LogP contribution in [-0.2, 0) is 16.4 Å². The van der Waals surface area contributed by atoms with E-state index in [0.29, 0.717) is 24.2 Å². The zero-order valence-corrected chi connectivity index (χ0v) is 17.2.